The van der Waals surface area contributed by atoms with Crippen LogP contribution < -0.4 is 5.32 Å². The van der Waals surface area contributed by atoms with Gasteiger partial charge >= 0.3 is 12.1 Å². The summed E-state index contributed by atoms with van der Waals surface area (Å²) in [6, 6.07) is 2.63. The van der Waals surface area contributed by atoms with Crippen molar-refractivity contribution in [3.8, 4) is 0 Å². The molecule has 0 aliphatic carbocycles. The minimum Gasteiger partial charge on any atom is -0.458 e. The van der Waals surface area contributed by atoms with Crippen LogP contribution in [0.3, 0.4) is 0 Å². The van der Waals surface area contributed by atoms with Gasteiger partial charge in [0.1, 0.15) is 11.6 Å². The molecule has 0 radical (unpaired) electrons. The lowest BCUT2D eigenvalue weighted by Crippen LogP contribution is -2.37. The quantitative estimate of drug-likeness (QED) is 0.642. The van der Waals surface area contributed by atoms with Crippen molar-refractivity contribution in [3.05, 3.63) is 41.5 Å². The zero-order chi connectivity index (χ0) is 18.0. The molecule has 0 fully saturated rings. The number of aryl methyl sites for hydroxylation is 1. The smallest absolute Gasteiger partial charge is 0.416 e. The molecule has 128 valence electrons. The van der Waals surface area contributed by atoms with Gasteiger partial charge in [-0.05, 0) is 64.0 Å². The number of halogens is 3. The maximum atomic E-state index is 12.9. The predicted molar refractivity (Wildman–Crippen MR) is 84.3 cm³/mol. The van der Waals surface area contributed by atoms with Gasteiger partial charge in [-0.3, -0.25) is 0 Å². The van der Waals surface area contributed by atoms with Gasteiger partial charge in [-0.15, -0.1) is 0 Å². The summed E-state index contributed by atoms with van der Waals surface area (Å²) in [6.45, 7) is 12.0. The number of nitrogens with one attached hydrogen (secondary N) is 1. The molecule has 1 atom stereocenters. The molecule has 0 unspecified atom stereocenters. The van der Waals surface area contributed by atoms with Crippen molar-refractivity contribution in [3.63, 3.8) is 0 Å². The summed E-state index contributed by atoms with van der Waals surface area (Å²) >= 11 is 0. The van der Waals surface area contributed by atoms with E-state index in [1.165, 1.54) is 6.07 Å². The van der Waals surface area contributed by atoms with Crippen LogP contribution in [0.4, 0.5) is 18.9 Å². The largest absolute Gasteiger partial charge is 0.458 e. The Hall–Kier alpha value is -1.98. The highest BCUT2D eigenvalue weighted by molar-refractivity contribution is 5.83. The molecule has 0 saturated heterocycles. The first kappa shape index (κ1) is 19.1. The van der Waals surface area contributed by atoms with Gasteiger partial charge in [0.2, 0.25) is 0 Å². The average molecular weight is 329 g/mol. The molecule has 0 amide bonds. The fraction of sp³-hybridized carbons (Fsp3) is 0.471. The number of anilines is 1. The van der Waals surface area contributed by atoms with Crippen molar-refractivity contribution in [1.29, 1.82) is 0 Å². The van der Waals surface area contributed by atoms with E-state index in [4.69, 9.17) is 4.74 Å². The molecule has 3 nitrogen and oxygen atoms in total. The number of rotatable bonds is 4. The Bertz CT molecular complexity index is 601. The molecule has 1 N–H and O–H groups in total. The Morgan fingerprint density at radius 3 is 2.22 bits per heavy atom. The number of carbonyl (C=O) groups is 1. The fourth-order valence-corrected chi connectivity index (χ4v) is 1.94. The molecule has 0 heterocycles. The molecule has 6 heteroatoms. The highest BCUT2D eigenvalue weighted by atomic mass is 19.4. The molecular formula is C17H22F3NO2. The van der Waals surface area contributed by atoms with Gasteiger partial charge in [-0.1, -0.05) is 6.58 Å². The second kappa shape index (κ2) is 6.64. The predicted octanol–water partition coefficient (Wildman–Crippen LogP) is 4.71. The summed E-state index contributed by atoms with van der Waals surface area (Å²) in [7, 11) is 0. The highest BCUT2D eigenvalue weighted by Gasteiger charge is 2.32. The van der Waals surface area contributed by atoms with Crippen LogP contribution in [0.1, 0.15) is 38.8 Å². The number of alkyl halides is 3. The number of hydrogen-bond donors (Lipinski definition) is 1. The Morgan fingerprint density at radius 1 is 1.22 bits per heavy atom. The molecule has 1 rings (SSSR count). The Morgan fingerprint density at radius 2 is 1.78 bits per heavy atom. The summed E-state index contributed by atoms with van der Waals surface area (Å²) in [5, 5.41) is 2.78. The molecule has 1 aromatic carbocycles. The Labute approximate surface area is 134 Å². The van der Waals surface area contributed by atoms with E-state index in [2.05, 4.69) is 11.9 Å². The Balaban J connectivity index is 3.09. The summed E-state index contributed by atoms with van der Waals surface area (Å²) in [4.78, 5) is 12.2. The molecule has 0 aliphatic rings. The highest BCUT2D eigenvalue weighted by Crippen LogP contribution is 2.32. The van der Waals surface area contributed by atoms with E-state index in [1.807, 2.05) is 0 Å². The van der Waals surface area contributed by atoms with Gasteiger partial charge < -0.3 is 10.1 Å². The van der Waals surface area contributed by atoms with Crippen LogP contribution in [0.25, 0.3) is 0 Å². The number of benzene rings is 1. The van der Waals surface area contributed by atoms with Gasteiger partial charge in [0, 0.05) is 5.69 Å². The van der Waals surface area contributed by atoms with E-state index in [1.54, 1.807) is 34.6 Å². The van der Waals surface area contributed by atoms with E-state index in [0.29, 0.717) is 11.1 Å². The number of ether oxygens (including phenoxy) is 1. The average Bonchev–Trinajstić information content (AvgIpc) is 2.31. The van der Waals surface area contributed by atoms with Crippen LogP contribution in [0, 0.1) is 6.92 Å². The number of carbonyl (C=O) groups excluding carboxylic acids is 1. The van der Waals surface area contributed by atoms with E-state index in [0.717, 1.165) is 12.1 Å². The van der Waals surface area contributed by atoms with E-state index in [-0.39, 0.29) is 5.69 Å². The molecular weight excluding hydrogens is 307 g/mol. The summed E-state index contributed by atoms with van der Waals surface area (Å²) in [6.07, 6.45) is -4.45. The molecule has 0 saturated carbocycles. The lowest BCUT2D eigenvalue weighted by molar-refractivity contribution is -0.154. The molecule has 0 bridgehead atoms. The van der Waals surface area contributed by atoms with Crippen LogP contribution in [-0.2, 0) is 15.7 Å². The van der Waals surface area contributed by atoms with Gasteiger partial charge in [0.05, 0.1) is 5.56 Å². The minimum absolute atomic E-state index is 0.191. The fourth-order valence-electron chi connectivity index (χ4n) is 1.94. The van der Waals surface area contributed by atoms with Gasteiger partial charge in [0.15, 0.2) is 0 Å². The van der Waals surface area contributed by atoms with E-state index < -0.39 is 29.4 Å². The zero-order valence-electron chi connectivity index (χ0n) is 14.0. The third kappa shape index (κ3) is 5.96. The lowest BCUT2D eigenvalue weighted by atomic mass is 10.1. The lowest BCUT2D eigenvalue weighted by Gasteiger charge is -2.25. The summed E-state index contributed by atoms with van der Waals surface area (Å²) in [5.74, 6) is -0.583. The van der Waals surface area contributed by atoms with Crippen LogP contribution in [0.15, 0.2) is 30.4 Å². The molecule has 0 aromatic heterocycles. The van der Waals surface area contributed by atoms with Gasteiger partial charge in [-0.2, -0.15) is 13.2 Å². The zero-order valence-corrected chi connectivity index (χ0v) is 14.0. The number of esters is 1. The first-order valence-electron chi connectivity index (χ1n) is 7.13. The maximum absolute atomic E-state index is 12.9. The molecule has 1 aromatic rings. The van der Waals surface area contributed by atoms with Crippen molar-refractivity contribution in [2.75, 3.05) is 5.32 Å². The maximum Gasteiger partial charge on any atom is 0.416 e. The van der Waals surface area contributed by atoms with Gasteiger partial charge in [-0.25, -0.2) is 4.79 Å². The van der Waals surface area contributed by atoms with Crippen molar-refractivity contribution >= 4 is 11.7 Å². The first-order valence-corrected chi connectivity index (χ1v) is 7.13. The van der Waals surface area contributed by atoms with Crippen molar-refractivity contribution < 1.29 is 22.7 Å². The van der Waals surface area contributed by atoms with Crippen LogP contribution >= 0.6 is 0 Å². The first-order chi connectivity index (χ1) is 10.3. The number of hydrogen-bond acceptors (Lipinski definition) is 3. The van der Waals surface area contributed by atoms with E-state index in [9.17, 15) is 18.0 Å². The third-order valence-corrected chi connectivity index (χ3v) is 2.85. The standard InChI is InChI=1S/C17H22F3NO2/c1-10(2)14(15(22)23-16(4,5)6)21-13-8-11(3)7-12(9-13)17(18,19)20/h7-9,14,21H,1H2,2-6H3/t14-/m0/s1. The third-order valence-electron chi connectivity index (χ3n) is 2.85. The van der Waals surface area contributed by atoms with Crippen molar-refractivity contribution in [1.82, 2.24) is 0 Å². The molecule has 0 aliphatic heterocycles. The van der Waals surface area contributed by atoms with Crippen LogP contribution in [-0.4, -0.2) is 17.6 Å². The monoisotopic (exact) mass is 329 g/mol. The minimum atomic E-state index is -4.45. The second-order valence-electron chi connectivity index (χ2n) is 6.54. The van der Waals surface area contributed by atoms with Crippen LogP contribution in [0.5, 0.6) is 0 Å². The van der Waals surface area contributed by atoms with E-state index >= 15 is 0 Å². The summed E-state index contributed by atoms with van der Waals surface area (Å²) in [5.41, 5.74) is -0.391. The topological polar surface area (TPSA) is 38.3 Å². The van der Waals surface area contributed by atoms with Crippen LogP contribution in [0.2, 0.25) is 0 Å². The van der Waals surface area contributed by atoms with Crippen molar-refractivity contribution in [2.45, 2.75) is 52.4 Å². The van der Waals surface area contributed by atoms with Crippen molar-refractivity contribution in [2.24, 2.45) is 0 Å². The van der Waals surface area contributed by atoms with Gasteiger partial charge in [0.25, 0.3) is 0 Å². The second-order valence-corrected chi connectivity index (χ2v) is 6.54. The normalized spacial score (nSPS) is 13.4. The summed E-state index contributed by atoms with van der Waals surface area (Å²) < 4.78 is 43.9. The molecule has 0 spiro atoms. The SMILES string of the molecule is C=C(C)[C@H](Nc1cc(C)cc(C(F)(F)F)c1)C(=O)OC(C)(C)C. The molecule has 23 heavy (non-hydrogen) atoms. The Kier molecular flexibility index (Phi) is 5.51.